The predicted octanol–water partition coefficient (Wildman–Crippen LogP) is 1.56. The van der Waals surface area contributed by atoms with Gasteiger partial charge in [-0.15, -0.1) is 0 Å². The van der Waals surface area contributed by atoms with Crippen molar-refractivity contribution in [1.29, 1.82) is 0 Å². The molecule has 1 aliphatic heterocycles. The highest BCUT2D eigenvalue weighted by atomic mass is 16.5. The van der Waals surface area contributed by atoms with Gasteiger partial charge in [-0.1, -0.05) is 12.8 Å². The Hall–Kier alpha value is -0.0800. The smallest absolute Gasteiger partial charge is 0.0719 e. The number of nitrogens with one attached hydrogen (secondary N) is 1. The Balaban J connectivity index is 2.04. The van der Waals surface area contributed by atoms with Gasteiger partial charge in [0.25, 0.3) is 0 Å². The van der Waals surface area contributed by atoms with E-state index in [2.05, 4.69) is 5.32 Å². The molecule has 0 spiro atoms. The average Bonchev–Trinajstić information content (AvgIpc) is 2.76. The van der Waals surface area contributed by atoms with Gasteiger partial charge < -0.3 is 10.1 Å². The highest BCUT2D eigenvalue weighted by Gasteiger charge is 2.42. The minimum absolute atomic E-state index is 0.253. The molecule has 2 heteroatoms. The van der Waals surface area contributed by atoms with Gasteiger partial charge in [0.05, 0.1) is 5.60 Å². The number of rotatable bonds is 2. The molecule has 70 valence electrons. The van der Waals surface area contributed by atoms with Crippen molar-refractivity contribution in [2.75, 3.05) is 20.2 Å². The third-order valence-corrected chi connectivity index (χ3v) is 3.66. The van der Waals surface area contributed by atoms with E-state index in [4.69, 9.17) is 4.74 Å². The molecule has 2 nitrogen and oxygen atoms in total. The molecule has 2 fully saturated rings. The van der Waals surface area contributed by atoms with E-state index < -0.39 is 0 Å². The van der Waals surface area contributed by atoms with E-state index in [9.17, 15) is 0 Å². The van der Waals surface area contributed by atoms with Gasteiger partial charge in [-0.3, -0.25) is 0 Å². The summed E-state index contributed by atoms with van der Waals surface area (Å²) in [4.78, 5) is 0. The molecule has 1 saturated heterocycles. The van der Waals surface area contributed by atoms with Gasteiger partial charge in [0.2, 0.25) is 0 Å². The molecule has 0 aromatic carbocycles. The summed E-state index contributed by atoms with van der Waals surface area (Å²) in [6, 6.07) is 0. The highest BCUT2D eigenvalue weighted by molar-refractivity contribution is 4.95. The van der Waals surface area contributed by atoms with Gasteiger partial charge >= 0.3 is 0 Å². The van der Waals surface area contributed by atoms with E-state index in [-0.39, 0.29) is 5.60 Å². The van der Waals surface area contributed by atoms with Crippen LogP contribution in [0.5, 0.6) is 0 Å². The van der Waals surface area contributed by atoms with Gasteiger partial charge in [-0.05, 0) is 25.8 Å². The van der Waals surface area contributed by atoms with Crippen molar-refractivity contribution in [2.24, 2.45) is 5.92 Å². The van der Waals surface area contributed by atoms with Gasteiger partial charge in [-0.2, -0.15) is 0 Å². The van der Waals surface area contributed by atoms with Crippen LogP contribution in [0.15, 0.2) is 0 Å². The number of hydrogen-bond acceptors (Lipinski definition) is 2. The van der Waals surface area contributed by atoms with E-state index in [1.165, 1.54) is 45.2 Å². The molecule has 1 unspecified atom stereocenters. The third-order valence-electron chi connectivity index (χ3n) is 3.66. The Morgan fingerprint density at radius 1 is 1.33 bits per heavy atom. The summed E-state index contributed by atoms with van der Waals surface area (Å²) in [6.07, 6.45) is 6.62. The second kappa shape index (κ2) is 3.35. The predicted molar refractivity (Wildman–Crippen MR) is 49.2 cm³/mol. The molecule has 2 rings (SSSR count). The minimum Gasteiger partial charge on any atom is -0.378 e. The minimum atomic E-state index is 0.253. The van der Waals surface area contributed by atoms with E-state index in [0.29, 0.717) is 0 Å². The SMILES string of the molecule is COC1(C2CCNC2)CCCC1. The maximum absolute atomic E-state index is 5.74. The van der Waals surface area contributed by atoms with Gasteiger partial charge in [0.1, 0.15) is 0 Å². The fourth-order valence-corrected chi connectivity index (χ4v) is 2.86. The van der Waals surface area contributed by atoms with Crippen LogP contribution in [0.3, 0.4) is 0 Å². The molecule has 0 amide bonds. The van der Waals surface area contributed by atoms with Crippen molar-refractivity contribution in [3.8, 4) is 0 Å². The number of ether oxygens (including phenoxy) is 1. The summed E-state index contributed by atoms with van der Waals surface area (Å²) in [5.41, 5.74) is 0.253. The topological polar surface area (TPSA) is 21.3 Å². The molecule has 1 N–H and O–H groups in total. The van der Waals surface area contributed by atoms with E-state index >= 15 is 0 Å². The summed E-state index contributed by atoms with van der Waals surface area (Å²) in [5, 5.41) is 3.43. The zero-order valence-corrected chi connectivity index (χ0v) is 7.94. The molecule has 0 aromatic rings. The first-order valence-corrected chi connectivity index (χ1v) is 5.13. The van der Waals surface area contributed by atoms with E-state index in [0.717, 1.165) is 5.92 Å². The lowest BCUT2D eigenvalue weighted by molar-refractivity contribution is -0.0469. The molecule has 1 saturated carbocycles. The monoisotopic (exact) mass is 169 g/mol. The van der Waals surface area contributed by atoms with Crippen molar-refractivity contribution < 1.29 is 4.74 Å². The number of methoxy groups -OCH3 is 1. The maximum atomic E-state index is 5.74. The zero-order valence-electron chi connectivity index (χ0n) is 7.94. The molecule has 12 heavy (non-hydrogen) atoms. The Labute approximate surface area is 74.7 Å². The van der Waals surface area contributed by atoms with E-state index in [1.54, 1.807) is 0 Å². The van der Waals surface area contributed by atoms with Crippen LogP contribution in [0.4, 0.5) is 0 Å². The third kappa shape index (κ3) is 1.27. The summed E-state index contributed by atoms with van der Waals surface area (Å²) in [7, 11) is 1.89. The van der Waals surface area contributed by atoms with Crippen LogP contribution in [0, 0.1) is 5.92 Å². The molecule has 0 radical (unpaired) electrons. The first-order chi connectivity index (χ1) is 5.87. The van der Waals surface area contributed by atoms with Crippen LogP contribution in [-0.4, -0.2) is 25.8 Å². The summed E-state index contributed by atoms with van der Waals surface area (Å²) in [5.74, 6) is 0.782. The standard InChI is InChI=1S/C10H19NO/c1-12-10(5-2-3-6-10)9-4-7-11-8-9/h9,11H,2-8H2,1H3. The van der Waals surface area contributed by atoms with Crippen molar-refractivity contribution in [2.45, 2.75) is 37.7 Å². The lowest BCUT2D eigenvalue weighted by Gasteiger charge is -2.33. The zero-order chi connectivity index (χ0) is 8.44. The van der Waals surface area contributed by atoms with Crippen LogP contribution in [-0.2, 0) is 4.74 Å². The Morgan fingerprint density at radius 2 is 2.08 bits per heavy atom. The fraction of sp³-hybridized carbons (Fsp3) is 1.00. The van der Waals surface area contributed by atoms with Crippen molar-refractivity contribution in [1.82, 2.24) is 5.32 Å². The fourth-order valence-electron chi connectivity index (χ4n) is 2.86. The molecule has 1 atom stereocenters. The lowest BCUT2D eigenvalue weighted by Crippen LogP contribution is -2.38. The largest absolute Gasteiger partial charge is 0.378 e. The van der Waals surface area contributed by atoms with Crippen molar-refractivity contribution in [3.05, 3.63) is 0 Å². The van der Waals surface area contributed by atoms with Crippen molar-refractivity contribution >= 4 is 0 Å². The second-order valence-electron chi connectivity index (χ2n) is 4.17. The Morgan fingerprint density at radius 3 is 2.58 bits per heavy atom. The van der Waals surface area contributed by atoms with Gasteiger partial charge in [0.15, 0.2) is 0 Å². The Kier molecular flexibility index (Phi) is 2.37. The Bertz CT molecular complexity index is 146. The summed E-state index contributed by atoms with van der Waals surface area (Å²) in [6.45, 7) is 2.36. The number of hydrogen-bond donors (Lipinski definition) is 1. The lowest BCUT2D eigenvalue weighted by atomic mass is 9.85. The first kappa shape index (κ1) is 8.52. The van der Waals surface area contributed by atoms with E-state index in [1.807, 2.05) is 7.11 Å². The maximum Gasteiger partial charge on any atom is 0.0719 e. The summed E-state index contributed by atoms with van der Waals surface area (Å²) < 4.78 is 5.74. The van der Waals surface area contributed by atoms with Crippen LogP contribution in [0.2, 0.25) is 0 Å². The molecule has 1 heterocycles. The van der Waals surface area contributed by atoms with Crippen LogP contribution < -0.4 is 5.32 Å². The van der Waals surface area contributed by atoms with Crippen LogP contribution in [0.1, 0.15) is 32.1 Å². The van der Waals surface area contributed by atoms with Crippen LogP contribution >= 0.6 is 0 Å². The quantitative estimate of drug-likeness (QED) is 0.677. The van der Waals surface area contributed by atoms with Crippen molar-refractivity contribution in [3.63, 3.8) is 0 Å². The molecular formula is C10H19NO. The highest BCUT2D eigenvalue weighted by Crippen LogP contribution is 2.41. The van der Waals surface area contributed by atoms with Gasteiger partial charge in [-0.25, -0.2) is 0 Å². The molecule has 0 bridgehead atoms. The van der Waals surface area contributed by atoms with Crippen LogP contribution in [0.25, 0.3) is 0 Å². The normalized spacial score (nSPS) is 34.2. The molecule has 1 aliphatic carbocycles. The molecule has 0 aromatic heterocycles. The first-order valence-electron chi connectivity index (χ1n) is 5.13. The molecule has 2 aliphatic rings. The summed E-state index contributed by atoms with van der Waals surface area (Å²) >= 11 is 0. The van der Waals surface area contributed by atoms with Gasteiger partial charge in [0, 0.05) is 19.6 Å². The molecular weight excluding hydrogens is 150 g/mol. The second-order valence-corrected chi connectivity index (χ2v) is 4.17. The average molecular weight is 169 g/mol.